The molecule has 34 heavy (non-hydrogen) atoms. The second-order valence-corrected chi connectivity index (χ2v) is 9.79. The minimum atomic E-state index is -0.767. The van der Waals surface area contributed by atoms with Crippen molar-refractivity contribution in [3.8, 4) is 5.75 Å². The lowest BCUT2D eigenvalue weighted by molar-refractivity contribution is -0.297. The summed E-state index contributed by atoms with van der Waals surface area (Å²) in [6, 6.07) is 4.10. The standard InChI is InChI=1S/C26H36N2O6/c1-6-17-14-28-10-9-25-22-20(31-4)8-7-16(2)23(22)27-26(25,34-12-11-33-25)21(28)13-18(17)19(15-30-3)24(29)32-5/h7-8,15,17-18,21,27H,6,9-14H2,1-5H3/b19-15+/t17-,18+,21+,25+,26+/m1/s1. The van der Waals surface area contributed by atoms with Crippen LogP contribution in [-0.4, -0.2) is 70.3 Å². The summed E-state index contributed by atoms with van der Waals surface area (Å²) in [5, 5.41) is 3.82. The van der Waals surface area contributed by atoms with Crippen LogP contribution in [0.25, 0.3) is 0 Å². The summed E-state index contributed by atoms with van der Waals surface area (Å²) in [6.07, 6.45) is 4.06. The van der Waals surface area contributed by atoms with Crippen LogP contribution in [0.4, 0.5) is 5.69 Å². The first-order valence-corrected chi connectivity index (χ1v) is 12.3. The van der Waals surface area contributed by atoms with Gasteiger partial charge in [0.15, 0.2) is 5.72 Å². The Morgan fingerprint density at radius 3 is 2.76 bits per heavy atom. The van der Waals surface area contributed by atoms with E-state index in [-0.39, 0.29) is 17.9 Å². The second kappa shape index (κ2) is 8.73. The molecule has 3 saturated heterocycles. The zero-order valence-electron chi connectivity index (χ0n) is 20.8. The summed E-state index contributed by atoms with van der Waals surface area (Å²) in [6.45, 7) is 7.09. The van der Waals surface area contributed by atoms with E-state index in [1.165, 1.54) is 7.11 Å². The predicted molar refractivity (Wildman–Crippen MR) is 127 cm³/mol. The van der Waals surface area contributed by atoms with Crippen LogP contribution in [0.15, 0.2) is 24.0 Å². The van der Waals surface area contributed by atoms with Crippen molar-refractivity contribution < 1.29 is 28.5 Å². The first-order valence-electron chi connectivity index (χ1n) is 12.3. The normalized spacial score (nSPS) is 34.7. The van der Waals surface area contributed by atoms with Crippen LogP contribution in [0.2, 0.25) is 0 Å². The average molecular weight is 473 g/mol. The maximum atomic E-state index is 12.8. The largest absolute Gasteiger partial charge is 0.504 e. The van der Waals surface area contributed by atoms with E-state index < -0.39 is 11.3 Å². The monoisotopic (exact) mass is 472 g/mol. The number of aryl methyl sites for hydroxylation is 1. The lowest BCUT2D eigenvalue weighted by Crippen LogP contribution is -2.75. The molecular weight excluding hydrogens is 436 g/mol. The molecule has 4 heterocycles. The predicted octanol–water partition coefficient (Wildman–Crippen LogP) is 3.19. The van der Waals surface area contributed by atoms with Gasteiger partial charge in [0.2, 0.25) is 0 Å². The van der Waals surface area contributed by atoms with Gasteiger partial charge in [-0.15, -0.1) is 0 Å². The molecule has 186 valence electrons. The van der Waals surface area contributed by atoms with E-state index >= 15 is 0 Å². The number of piperidine rings is 2. The minimum absolute atomic E-state index is 0.00392. The number of nitrogens with zero attached hydrogens (tertiary/aromatic N) is 1. The summed E-state index contributed by atoms with van der Waals surface area (Å²) in [7, 11) is 4.71. The molecule has 3 fully saturated rings. The third-order valence-corrected chi connectivity index (χ3v) is 8.44. The number of nitrogens with one attached hydrogen (secondary N) is 1. The summed E-state index contributed by atoms with van der Waals surface area (Å²) >= 11 is 0. The van der Waals surface area contributed by atoms with Crippen molar-refractivity contribution >= 4 is 11.7 Å². The first kappa shape index (κ1) is 23.5. The number of esters is 1. The van der Waals surface area contributed by atoms with Crippen LogP contribution >= 0.6 is 0 Å². The van der Waals surface area contributed by atoms with E-state index in [2.05, 4.69) is 30.1 Å². The van der Waals surface area contributed by atoms with Gasteiger partial charge in [-0.25, -0.2) is 4.79 Å². The number of hydrogen-bond acceptors (Lipinski definition) is 8. The van der Waals surface area contributed by atoms with Crippen LogP contribution in [-0.2, 0) is 29.3 Å². The third-order valence-electron chi connectivity index (χ3n) is 8.44. The minimum Gasteiger partial charge on any atom is -0.504 e. The topological polar surface area (TPSA) is 78.5 Å². The quantitative estimate of drug-likeness (QED) is 0.398. The summed E-state index contributed by atoms with van der Waals surface area (Å²) in [5.74, 6) is 0.787. The van der Waals surface area contributed by atoms with Gasteiger partial charge >= 0.3 is 5.97 Å². The van der Waals surface area contributed by atoms with Gasteiger partial charge in [0.25, 0.3) is 0 Å². The zero-order valence-corrected chi connectivity index (χ0v) is 20.8. The van der Waals surface area contributed by atoms with Crippen LogP contribution in [0.1, 0.15) is 37.3 Å². The molecule has 0 unspecified atom stereocenters. The number of hydrogen-bond donors (Lipinski definition) is 1. The van der Waals surface area contributed by atoms with Crippen molar-refractivity contribution in [3.05, 3.63) is 35.1 Å². The number of fused-ring (bicyclic) bond motifs is 2. The van der Waals surface area contributed by atoms with Crippen LogP contribution < -0.4 is 10.1 Å². The molecule has 1 N–H and O–H groups in total. The maximum Gasteiger partial charge on any atom is 0.337 e. The van der Waals surface area contributed by atoms with E-state index in [1.54, 1.807) is 20.5 Å². The molecule has 0 saturated carbocycles. The van der Waals surface area contributed by atoms with Crippen molar-refractivity contribution in [2.24, 2.45) is 11.8 Å². The molecule has 8 nitrogen and oxygen atoms in total. The number of carbonyl (C=O) groups excluding carboxylic acids is 1. The smallest absolute Gasteiger partial charge is 0.337 e. The highest BCUT2D eigenvalue weighted by molar-refractivity contribution is 5.88. The fourth-order valence-corrected chi connectivity index (χ4v) is 6.91. The fraction of sp³-hybridized carbons (Fsp3) is 0.654. The molecule has 1 aromatic rings. The number of benzene rings is 1. The Hall–Kier alpha value is -2.29. The van der Waals surface area contributed by atoms with E-state index in [9.17, 15) is 4.79 Å². The molecular formula is C26H36N2O6. The Labute approximate surface area is 201 Å². The third kappa shape index (κ3) is 3.11. The Morgan fingerprint density at radius 1 is 1.26 bits per heavy atom. The van der Waals surface area contributed by atoms with Crippen molar-refractivity contribution in [2.75, 3.05) is 52.9 Å². The number of methoxy groups -OCH3 is 3. The number of rotatable bonds is 5. The van der Waals surface area contributed by atoms with Crippen LogP contribution in [0.5, 0.6) is 5.75 Å². The van der Waals surface area contributed by atoms with Crippen LogP contribution in [0.3, 0.4) is 0 Å². The molecule has 5 rings (SSSR count). The Kier molecular flexibility index (Phi) is 6.02. The zero-order chi connectivity index (χ0) is 24.1. The lowest BCUT2D eigenvalue weighted by atomic mass is 9.67. The van der Waals surface area contributed by atoms with Gasteiger partial charge in [-0.3, -0.25) is 4.90 Å². The van der Waals surface area contributed by atoms with E-state index in [0.717, 1.165) is 54.9 Å². The van der Waals surface area contributed by atoms with Gasteiger partial charge in [-0.2, -0.15) is 0 Å². The summed E-state index contributed by atoms with van der Waals surface area (Å²) < 4.78 is 29.7. The van der Waals surface area contributed by atoms with Gasteiger partial charge < -0.3 is 29.0 Å². The molecule has 1 aromatic carbocycles. The molecule has 0 bridgehead atoms. The fourth-order valence-electron chi connectivity index (χ4n) is 6.91. The molecule has 0 aromatic heterocycles. The molecule has 0 aliphatic carbocycles. The highest BCUT2D eigenvalue weighted by Gasteiger charge is 2.70. The summed E-state index contributed by atoms with van der Waals surface area (Å²) in [4.78, 5) is 15.3. The van der Waals surface area contributed by atoms with Gasteiger partial charge in [0, 0.05) is 18.8 Å². The lowest BCUT2D eigenvalue weighted by Gasteiger charge is -2.61. The van der Waals surface area contributed by atoms with Crippen molar-refractivity contribution in [1.82, 2.24) is 4.90 Å². The Balaban J connectivity index is 1.62. The molecule has 0 spiro atoms. The van der Waals surface area contributed by atoms with E-state index in [4.69, 9.17) is 23.7 Å². The number of carbonyl (C=O) groups is 1. The van der Waals surface area contributed by atoms with Crippen molar-refractivity contribution in [2.45, 2.75) is 50.5 Å². The molecule has 8 heteroatoms. The van der Waals surface area contributed by atoms with Crippen molar-refractivity contribution in [1.29, 1.82) is 0 Å². The number of anilines is 1. The molecule has 0 amide bonds. The van der Waals surface area contributed by atoms with Gasteiger partial charge in [0.1, 0.15) is 11.4 Å². The number of ether oxygens (including phenoxy) is 5. The highest BCUT2D eigenvalue weighted by Crippen LogP contribution is 2.62. The van der Waals surface area contributed by atoms with Crippen molar-refractivity contribution in [3.63, 3.8) is 0 Å². The van der Waals surface area contributed by atoms with Gasteiger partial charge in [-0.1, -0.05) is 19.4 Å². The Bertz CT molecular complexity index is 996. The first-order chi connectivity index (χ1) is 16.5. The highest BCUT2D eigenvalue weighted by atomic mass is 16.6. The van der Waals surface area contributed by atoms with Crippen LogP contribution in [0, 0.1) is 18.8 Å². The van der Waals surface area contributed by atoms with E-state index in [1.807, 2.05) is 6.07 Å². The molecule has 4 aliphatic rings. The maximum absolute atomic E-state index is 12.8. The van der Waals surface area contributed by atoms with Gasteiger partial charge in [0.05, 0.1) is 58.0 Å². The van der Waals surface area contributed by atoms with Gasteiger partial charge in [-0.05, 0) is 43.2 Å². The molecule has 5 atom stereocenters. The SMILES string of the molecule is CC[C@@H]1CN2CC[C@@]34OCCO[C@@]3(Nc3c(C)ccc(OC)c34)[C@@H]2C[C@@H]1/C(=C\OC)C(=O)OC. The molecule has 0 radical (unpaired) electrons. The summed E-state index contributed by atoms with van der Waals surface area (Å²) in [5.41, 5.74) is 2.40. The van der Waals surface area contributed by atoms with E-state index in [0.29, 0.717) is 24.7 Å². The molecule has 4 aliphatic heterocycles. The average Bonchev–Trinajstić information content (AvgIpc) is 3.20. The Morgan fingerprint density at radius 2 is 2.06 bits per heavy atom. The second-order valence-electron chi connectivity index (χ2n) is 9.79.